The fourth-order valence-corrected chi connectivity index (χ4v) is 4.20. The minimum atomic E-state index is -0.223. The van der Waals surface area contributed by atoms with Crippen LogP contribution in [0.3, 0.4) is 0 Å². The number of rotatable bonds is 10. The molecule has 30 heavy (non-hydrogen) atoms. The van der Waals surface area contributed by atoms with Crippen LogP contribution in [0.4, 0.5) is 10.9 Å². The van der Waals surface area contributed by atoms with Gasteiger partial charge in [0.15, 0.2) is 16.7 Å². The van der Waals surface area contributed by atoms with Crippen LogP contribution in [0, 0.1) is 0 Å². The summed E-state index contributed by atoms with van der Waals surface area (Å²) in [5.74, 6) is 2.02. The van der Waals surface area contributed by atoms with Crippen LogP contribution in [0.1, 0.15) is 37.4 Å². The lowest BCUT2D eigenvalue weighted by Gasteiger charge is -2.13. The topological polar surface area (TPSA) is 73.3 Å². The van der Waals surface area contributed by atoms with Gasteiger partial charge in [-0.3, -0.25) is 4.79 Å². The number of esters is 1. The van der Waals surface area contributed by atoms with Crippen molar-refractivity contribution in [1.82, 2.24) is 9.97 Å². The molecular weight excluding hydrogens is 418 g/mol. The highest BCUT2D eigenvalue weighted by molar-refractivity contribution is 7.99. The van der Waals surface area contributed by atoms with E-state index in [1.54, 1.807) is 17.5 Å². The summed E-state index contributed by atoms with van der Waals surface area (Å²) < 4.78 is 10.8. The Balaban J connectivity index is 1.75. The second-order valence-corrected chi connectivity index (χ2v) is 8.85. The average molecular weight is 444 g/mol. The molecule has 3 rings (SSSR count). The highest BCUT2D eigenvalue weighted by Gasteiger charge is 2.12. The molecule has 0 spiro atoms. The monoisotopic (exact) mass is 443 g/mol. The Morgan fingerprint density at radius 3 is 2.77 bits per heavy atom. The lowest BCUT2D eigenvalue weighted by atomic mass is 10.2. The number of thiazole rings is 1. The molecule has 0 unspecified atom stereocenters. The Labute approximate surface area is 185 Å². The third-order valence-corrected chi connectivity index (χ3v) is 5.95. The molecule has 0 aliphatic rings. The number of nitrogens with zero attached hydrogens (tertiary/aromatic N) is 2. The number of pyridine rings is 1. The van der Waals surface area contributed by atoms with Crippen LogP contribution in [0.2, 0.25) is 0 Å². The minimum Gasteiger partial charge on any atom is -0.485 e. The number of hydrogen-bond acceptors (Lipinski definition) is 8. The van der Waals surface area contributed by atoms with Crippen molar-refractivity contribution in [2.24, 2.45) is 0 Å². The van der Waals surface area contributed by atoms with E-state index in [0.29, 0.717) is 36.3 Å². The van der Waals surface area contributed by atoms with Gasteiger partial charge < -0.3 is 14.8 Å². The molecule has 0 radical (unpaired) electrons. The standard InChI is InChI=1S/C22H25N3O3S2/c1-15(2)18-14-30-22(24-18)25-21-19(28-13-16-7-5-4-6-8-16)11-17(12-23-21)29-10-9-20(26)27-3/h4-8,11-12,14-15H,9-10,13H2,1-3H3,(H,23,24,25). The smallest absolute Gasteiger partial charge is 0.306 e. The molecule has 1 aromatic carbocycles. The zero-order valence-corrected chi connectivity index (χ0v) is 18.9. The van der Waals surface area contributed by atoms with Gasteiger partial charge in [-0.2, -0.15) is 0 Å². The third kappa shape index (κ3) is 6.47. The lowest BCUT2D eigenvalue weighted by Crippen LogP contribution is -2.03. The SMILES string of the molecule is COC(=O)CCSc1cnc(Nc2nc(C(C)C)cs2)c(OCc2ccccc2)c1. The van der Waals surface area contributed by atoms with Gasteiger partial charge in [0.1, 0.15) is 6.61 Å². The summed E-state index contributed by atoms with van der Waals surface area (Å²) in [5.41, 5.74) is 2.12. The van der Waals surface area contributed by atoms with E-state index in [1.807, 2.05) is 36.4 Å². The van der Waals surface area contributed by atoms with Crippen molar-refractivity contribution < 1.29 is 14.3 Å². The average Bonchev–Trinajstić information content (AvgIpc) is 3.23. The number of carbonyl (C=O) groups is 1. The van der Waals surface area contributed by atoms with E-state index in [1.165, 1.54) is 18.9 Å². The molecule has 0 aliphatic carbocycles. The van der Waals surface area contributed by atoms with Gasteiger partial charge in [-0.05, 0) is 17.5 Å². The molecule has 0 bridgehead atoms. The molecule has 0 saturated heterocycles. The molecule has 3 aromatic rings. The van der Waals surface area contributed by atoms with E-state index >= 15 is 0 Å². The summed E-state index contributed by atoms with van der Waals surface area (Å²) in [6.07, 6.45) is 2.12. The largest absolute Gasteiger partial charge is 0.485 e. The number of benzene rings is 1. The van der Waals surface area contributed by atoms with E-state index in [9.17, 15) is 4.79 Å². The van der Waals surface area contributed by atoms with Crippen LogP contribution in [0.25, 0.3) is 0 Å². The fraction of sp³-hybridized carbons (Fsp3) is 0.318. The number of methoxy groups -OCH3 is 1. The highest BCUT2D eigenvalue weighted by Crippen LogP contribution is 2.32. The number of hydrogen-bond donors (Lipinski definition) is 1. The molecule has 0 amide bonds. The quantitative estimate of drug-likeness (QED) is 0.321. The molecular formula is C22H25N3O3S2. The fourth-order valence-electron chi connectivity index (χ4n) is 2.51. The molecule has 0 aliphatic heterocycles. The van der Waals surface area contributed by atoms with Gasteiger partial charge in [0, 0.05) is 22.2 Å². The number of ether oxygens (including phenoxy) is 2. The first-order chi connectivity index (χ1) is 14.5. The van der Waals surface area contributed by atoms with E-state index in [2.05, 4.69) is 34.5 Å². The zero-order valence-electron chi connectivity index (χ0n) is 17.3. The van der Waals surface area contributed by atoms with E-state index in [0.717, 1.165) is 21.3 Å². The predicted molar refractivity (Wildman–Crippen MR) is 122 cm³/mol. The predicted octanol–water partition coefficient (Wildman–Crippen LogP) is 5.64. The van der Waals surface area contributed by atoms with Crippen molar-refractivity contribution in [2.75, 3.05) is 18.2 Å². The molecule has 0 atom stereocenters. The van der Waals surface area contributed by atoms with Gasteiger partial charge in [-0.15, -0.1) is 23.1 Å². The molecule has 0 fully saturated rings. The van der Waals surface area contributed by atoms with Crippen molar-refractivity contribution in [3.63, 3.8) is 0 Å². The maximum atomic E-state index is 11.3. The van der Waals surface area contributed by atoms with Crippen LogP contribution in [-0.2, 0) is 16.1 Å². The van der Waals surface area contributed by atoms with Crippen molar-refractivity contribution in [3.8, 4) is 5.75 Å². The summed E-state index contributed by atoms with van der Waals surface area (Å²) in [5, 5.41) is 6.11. The van der Waals surface area contributed by atoms with Crippen molar-refractivity contribution in [2.45, 2.75) is 37.7 Å². The Kier molecular flexibility index (Phi) is 8.10. The number of thioether (sulfide) groups is 1. The number of carbonyl (C=O) groups excluding carboxylic acids is 1. The minimum absolute atomic E-state index is 0.223. The van der Waals surface area contributed by atoms with Crippen molar-refractivity contribution in [3.05, 3.63) is 59.2 Å². The van der Waals surface area contributed by atoms with Gasteiger partial charge in [0.25, 0.3) is 0 Å². The van der Waals surface area contributed by atoms with Crippen LogP contribution < -0.4 is 10.1 Å². The number of aromatic nitrogens is 2. The second kappa shape index (κ2) is 11.0. The first kappa shape index (κ1) is 22.1. The molecule has 2 heterocycles. The third-order valence-electron chi connectivity index (χ3n) is 4.21. The number of nitrogens with one attached hydrogen (secondary N) is 1. The molecule has 8 heteroatoms. The summed E-state index contributed by atoms with van der Waals surface area (Å²) in [6, 6.07) is 11.9. The normalized spacial score (nSPS) is 10.8. The highest BCUT2D eigenvalue weighted by atomic mass is 32.2. The van der Waals surface area contributed by atoms with Crippen molar-refractivity contribution >= 4 is 40.0 Å². The van der Waals surface area contributed by atoms with Crippen LogP contribution in [0.5, 0.6) is 5.75 Å². The first-order valence-corrected chi connectivity index (χ1v) is 11.5. The van der Waals surface area contributed by atoms with Crippen LogP contribution >= 0.6 is 23.1 Å². The molecule has 158 valence electrons. The summed E-state index contributed by atoms with van der Waals surface area (Å²) in [7, 11) is 1.40. The Bertz CT molecular complexity index is 961. The Hall–Kier alpha value is -2.58. The van der Waals surface area contributed by atoms with E-state index in [-0.39, 0.29) is 5.97 Å². The first-order valence-electron chi connectivity index (χ1n) is 9.64. The second-order valence-electron chi connectivity index (χ2n) is 6.82. The lowest BCUT2D eigenvalue weighted by molar-refractivity contribution is -0.140. The summed E-state index contributed by atoms with van der Waals surface area (Å²) in [6.45, 7) is 4.67. The Morgan fingerprint density at radius 2 is 2.07 bits per heavy atom. The maximum Gasteiger partial charge on any atom is 0.306 e. The van der Waals surface area contributed by atoms with Gasteiger partial charge in [-0.1, -0.05) is 44.2 Å². The maximum absolute atomic E-state index is 11.3. The summed E-state index contributed by atoms with van der Waals surface area (Å²) >= 11 is 3.08. The van der Waals surface area contributed by atoms with E-state index < -0.39 is 0 Å². The van der Waals surface area contributed by atoms with Gasteiger partial charge in [0.2, 0.25) is 0 Å². The number of anilines is 2. The van der Waals surface area contributed by atoms with Gasteiger partial charge >= 0.3 is 5.97 Å². The van der Waals surface area contributed by atoms with E-state index in [4.69, 9.17) is 9.47 Å². The molecule has 2 aromatic heterocycles. The molecule has 6 nitrogen and oxygen atoms in total. The van der Waals surface area contributed by atoms with Crippen LogP contribution in [-0.4, -0.2) is 28.8 Å². The van der Waals surface area contributed by atoms with Gasteiger partial charge in [0.05, 0.1) is 19.2 Å². The zero-order chi connectivity index (χ0) is 21.3. The molecule has 1 N–H and O–H groups in total. The summed E-state index contributed by atoms with van der Waals surface area (Å²) in [4.78, 5) is 21.4. The van der Waals surface area contributed by atoms with Gasteiger partial charge in [-0.25, -0.2) is 9.97 Å². The van der Waals surface area contributed by atoms with Crippen LogP contribution in [0.15, 0.2) is 52.9 Å². The van der Waals surface area contributed by atoms with Crippen molar-refractivity contribution in [1.29, 1.82) is 0 Å². The molecule has 0 saturated carbocycles. The Morgan fingerprint density at radius 1 is 1.27 bits per heavy atom.